The largest absolute Gasteiger partial charge is 0.497 e. The van der Waals surface area contributed by atoms with Gasteiger partial charge in [0.1, 0.15) is 17.4 Å². The zero-order valence-electron chi connectivity index (χ0n) is 24.9. The van der Waals surface area contributed by atoms with Gasteiger partial charge in [0.25, 0.3) is 11.8 Å². The third kappa shape index (κ3) is 5.87. The van der Waals surface area contributed by atoms with E-state index in [9.17, 15) is 19.2 Å². The molecule has 2 aliphatic heterocycles. The fourth-order valence-corrected chi connectivity index (χ4v) is 5.87. The van der Waals surface area contributed by atoms with Crippen molar-refractivity contribution in [1.82, 2.24) is 18.9 Å². The van der Waals surface area contributed by atoms with Crippen LogP contribution < -0.4 is 10.4 Å². The average molecular weight is 599 g/mol. The Balaban J connectivity index is 1.41. The molecule has 3 amide bonds. The first-order valence-electron chi connectivity index (χ1n) is 14.2. The van der Waals surface area contributed by atoms with Crippen LogP contribution in [-0.4, -0.2) is 68.6 Å². The molecule has 0 saturated carbocycles. The van der Waals surface area contributed by atoms with Gasteiger partial charge in [0, 0.05) is 20.0 Å². The van der Waals surface area contributed by atoms with Crippen molar-refractivity contribution in [2.75, 3.05) is 20.2 Å². The molecule has 2 fully saturated rings. The second-order valence-corrected chi connectivity index (χ2v) is 12.2. The van der Waals surface area contributed by atoms with Crippen molar-refractivity contribution < 1.29 is 32.6 Å². The van der Waals surface area contributed by atoms with Gasteiger partial charge in [0.15, 0.2) is 0 Å². The van der Waals surface area contributed by atoms with Crippen molar-refractivity contribution in [3.63, 3.8) is 0 Å². The van der Waals surface area contributed by atoms with E-state index < -0.39 is 47.7 Å². The van der Waals surface area contributed by atoms with Gasteiger partial charge in [0.2, 0.25) is 5.91 Å². The lowest BCUT2D eigenvalue weighted by molar-refractivity contribution is -0.151. The standard InChI is InChI=1S/C31H36F2N4O6/c1-30(2,3)43-29(41)35-15-14-22(31(32,33)18-35)20-8-11-23-25(16-20)34(4)28(40)37(23)24-12-13-26(38)36(27(24)39)17-19-6-9-21(42-5)10-7-19/h6-11,16,22,24H,12-15,17-18H2,1-5H3. The number of hydrogen-bond acceptors (Lipinski definition) is 6. The number of amides is 3. The number of aryl methyl sites for hydroxylation is 1. The molecular weight excluding hydrogens is 562 g/mol. The fourth-order valence-electron chi connectivity index (χ4n) is 5.87. The molecular formula is C31H36F2N4O6. The van der Waals surface area contributed by atoms with Crippen molar-refractivity contribution >= 4 is 28.9 Å². The molecule has 3 heterocycles. The molecule has 2 atom stereocenters. The first-order chi connectivity index (χ1) is 20.2. The summed E-state index contributed by atoms with van der Waals surface area (Å²) in [7, 11) is 3.07. The van der Waals surface area contributed by atoms with Gasteiger partial charge < -0.3 is 14.4 Å². The molecule has 2 saturated heterocycles. The molecule has 0 N–H and O–H groups in total. The van der Waals surface area contributed by atoms with E-state index in [2.05, 4.69) is 0 Å². The van der Waals surface area contributed by atoms with Gasteiger partial charge >= 0.3 is 11.8 Å². The third-order valence-electron chi connectivity index (χ3n) is 8.06. The highest BCUT2D eigenvalue weighted by atomic mass is 19.3. The zero-order valence-corrected chi connectivity index (χ0v) is 24.9. The Kier molecular flexibility index (Phi) is 7.82. The summed E-state index contributed by atoms with van der Waals surface area (Å²) in [6.07, 6.45) is -0.540. The molecule has 0 radical (unpaired) electrons. The van der Waals surface area contributed by atoms with E-state index in [0.717, 1.165) is 15.4 Å². The van der Waals surface area contributed by atoms with Crippen LogP contribution in [0.2, 0.25) is 0 Å². The number of aromatic nitrogens is 2. The number of ether oxygens (including phenoxy) is 2. The van der Waals surface area contributed by atoms with Gasteiger partial charge in [-0.1, -0.05) is 18.2 Å². The van der Waals surface area contributed by atoms with E-state index in [1.54, 1.807) is 70.3 Å². The Morgan fingerprint density at radius 1 is 1.02 bits per heavy atom. The van der Waals surface area contributed by atoms with Crippen LogP contribution in [0, 0.1) is 0 Å². The summed E-state index contributed by atoms with van der Waals surface area (Å²) in [5.74, 6) is -4.58. The Morgan fingerprint density at radius 2 is 1.72 bits per heavy atom. The predicted molar refractivity (Wildman–Crippen MR) is 154 cm³/mol. The van der Waals surface area contributed by atoms with Crippen molar-refractivity contribution in [1.29, 1.82) is 0 Å². The number of methoxy groups -OCH3 is 1. The molecule has 0 bridgehead atoms. The van der Waals surface area contributed by atoms with Gasteiger partial charge in [0.05, 0.1) is 37.2 Å². The van der Waals surface area contributed by atoms with Crippen molar-refractivity contribution in [3.05, 3.63) is 64.1 Å². The van der Waals surface area contributed by atoms with Gasteiger partial charge in [-0.05, 0) is 69.0 Å². The predicted octanol–water partition coefficient (Wildman–Crippen LogP) is 4.60. The summed E-state index contributed by atoms with van der Waals surface area (Å²) < 4.78 is 44.0. The normalized spacial score (nSPS) is 20.9. The number of fused-ring (bicyclic) bond motifs is 1. The van der Waals surface area contributed by atoms with Crippen LogP contribution in [0.1, 0.15) is 63.1 Å². The molecule has 0 aliphatic carbocycles. The number of carbonyl (C=O) groups excluding carboxylic acids is 3. The highest BCUT2D eigenvalue weighted by molar-refractivity contribution is 6.00. The highest BCUT2D eigenvalue weighted by Crippen LogP contribution is 2.41. The van der Waals surface area contributed by atoms with Crippen LogP contribution in [-0.2, 0) is 27.9 Å². The van der Waals surface area contributed by atoms with Crippen LogP contribution in [0.15, 0.2) is 47.3 Å². The van der Waals surface area contributed by atoms with Crippen molar-refractivity contribution in [2.45, 2.75) is 70.1 Å². The molecule has 3 aromatic rings. The number of carbonyl (C=O) groups is 3. The molecule has 2 aliphatic rings. The molecule has 43 heavy (non-hydrogen) atoms. The molecule has 12 heteroatoms. The van der Waals surface area contributed by atoms with Gasteiger partial charge in [-0.2, -0.15) is 0 Å². The van der Waals surface area contributed by atoms with E-state index in [1.807, 2.05) is 0 Å². The molecule has 2 unspecified atom stereocenters. The van der Waals surface area contributed by atoms with Crippen molar-refractivity contribution in [3.8, 4) is 5.75 Å². The molecule has 0 spiro atoms. The van der Waals surface area contributed by atoms with Gasteiger partial charge in [-0.3, -0.25) is 23.6 Å². The summed E-state index contributed by atoms with van der Waals surface area (Å²) in [6.45, 7) is 4.41. The maximum Gasteiger partial charge on any atom is 0.410 e. The number of rotatable bonds is 5. The second-order valence-electron chi connectivity index (χ2n) is 12.2. The quantitative estimate of drug-likeness (QED) is 0.398. The van der Waals surface area contributed by atoms with Crippen LogP contribution in [0.5, 0.6) is 5.75 Å². The summed E-state index contributed by atoms with van der Waals surface area (Å²) in [5, 5.41) is 0. The number of imide groups is 1. The Morgan fingerprint density at radius 3 is 2.35 bits per heavy atom. The first kappa shape index (κ1) is 30.2. The van der Waals surface area contributed by atoms with E-state index in [0.29, 0.717) is 22.3 Å². The molecule has 10 nitrogen and oxygen atoms in total. The minimum absolute atomic E-state index is 0.00987. The number of benzene rings is 2. The minimum Gasteiger partial charge on any atom is -0.497 e. The Bertz CT molecular complexity index is 1620. The van der Waals surface area contributed by atoms with Crippen LogP contribution in [0.25, 0.3) is 11.0 Å². The lowest BCUT2D eigenvalue weighted by Crippen LogP contribution is -2.50. The van der Waals surface area contributed by atoms with E-state index in [1.165, 1.54) is 16.2 Å². The average Bonchev–Trinajstić information content (AvgIpc) is 3.19. The fraction of sp³-hybridized carbons (Fsp3) is 0.484. The Hall–Kier alpha value is -4.22. The maximum absolute atomic E-state index is 15.4. The van der Waals surface area contributed by atoms with Gasteiger partial charge in [-0.15, -0.1) is 0 Å². The maximum atomic E-state index is 15.4. The summed E-state index contributed by atoms with van der Waals surface area (Å²) in [6, 6.07) is 10.8. The van der Waals surface area contributed by atoms with Crippen LogP contribution >= 0.6 is 0 Å². The topological polar surface area (TPSA) is 103 Å². The van der Waals surface area contributed by atoms with Crippen LogP contribution in [0.3, 0.4) is 0 Å². The second kappa shape index (κ2) is 11.1. The number of likely N-dealkylation sites (tertiary alicyclic amines) is 2. The SMILES string of the molecule is COc1ccc(CN2C(=O)CCC(n3c(=O)n(C)c4cc(C5CCN(C(=O)OC(C)(C)C)CC5(F)F)ccc43)C2=O)cc1. The minimum atomic E-state index is -3.23. The molecule has 1 aromatic heterocycles. The summed E-state index contributed by atoms with van der Waals surface area (Å²) in [5.41, 5.74) is 0.612. The highest BCUT2D eigenvalue weighted by Gasteiger charge is 2.47. The van der Waals surface area contributed by atoms with Crippen LogP contribution in [0.4, 0.5) is 13.6 Å². The first-order valence-corrected chi connectivity index (χ1v) is 14.2. The number of alkyl halides is 2. The van der Waals surface area contributed by atoms with E-state index >= 15 is 8.78 Å². The lowest BCUT2D eigenvalue weighted by Gasteiger charge is -2.39. The lowest BCUT2D eigenvalue weighted by atomic mass is 9.86. The third-order valence-corrected chi connectivity index (χ3v) is 8.06. The smallest absolute Gasteiger partial charge is 0.410 e. The van der Waals surface area contributed by atoms with E-state index in [-0.39, 0.29) is 38.3 Å². The summed E-state index contributed by atoms with van der Waals surface area (Å²) >= 11 is 0. The summed E-state index contributed by atoms with van der Waals surface area (Å²) in [4.78, 5) is 54.4. The monoisotopic (exact) mass is 598 g/mol. The zero-order chi connectivity index (χ0) is 31.3. The number of imidazole rings is 1. The molecule has 2 aromatic carbocycles. The number of halogens is 2. The molecule has 230 valence electrons. The Labute approximate surface area is 247 Å². The van der Waals surface area contributed by atoms with E-state index in [4.69, 9.17) is 9.47 Å². The molecule has 5 rings (SSSR count). The van der Waals surface area contributed by atoms with Gasteiger partial charge in [-0.25, -0.2) is 18.4 Å². The number of hydrogen-bond donors (Lipinski definition) is 0. The number of piperidine rings is 2. The number of nitrogens with zero attached hydrogens (tertiary/aromatic N) is 4. The van der Waals surface area contributed by atoms with Crippen molar-refractivity contribution in [2.24, 2.45) is 7.05 Å².